The van der Waals surface area contributed by atoms with Gasteiger partial charge in [-0.1, -0.05) is 18.2 Å². The molecule has 0 amide bonds. The zero-order chi connectivity index (χ0) is 12.5. The third kappa shape index (κ3) is 2.06. The molecule has 0 radical (unpaired) electrons. The van der Waals surface area contributed by atoms with Crippen molar-refractivity contribution in [2.24, 2.45) is 0 Å². The van der Waals surface area contributed by atoms with Crippen LogP contribution < -0.4 is 5.32 Å². The van der Waals surface area contributed by atoms with Crippen LogP contribution in [-0.4, -0.2) is 11.1 Å². The first-order valence-corrected chi connectivity index (χ1v) is 6.80. The number of anilines is 1. The molecule has 0 spiro atoms. The molecule has 2 N–H and O–H groups in total. The predicted octanol–water partition coefficient (Wildman–Crippen LogP) is 3.50. The second kappa shape index (κ2) is 4.78. The summed E-state index contributed by atoms with van der Waals surface area (Å²) in [5, 5.41) is 13.7. The van der Waals surface area contributed by atoms with Crippen LogP contribution in [0.2, 0.25) is 0 Å². The molecule has 94 valence electrons. The second-order valence-corrected chi connectivity index (χ2v) is 5.38. The Morgan fingerprint density at radius 2 is 2.17 bits per heavy atom. The smallest absolute Gasteiger partial charge is 0.148 e. The van der Waals surface area contributed by atoms with Crippen molar-refractivity contribution in [1.82, 2.24) is 0 Å². The van der Waals surface area contributed by atoms with Crippen molar-refractivity contribution in [2.45, 2.75) is 25.0 Å². The SMILES string of the molecule is OC(c1occc1Br)C1CCc2ccccc2N1. The molecule has 0 fully saturated rings. The number of para-hydroxylation sites is 1. The van der Waals surface area contributed by atoms with Crippen LogP contribution in [0.3, 0.4) is 0 Å². The molecule has 3 rings (SSSR count). The highest BCUT2D eigenvalue weighted by atomic mass is 79.9. The second-order valence-electron chi connectivity index (χ2n) is 4.52. The van der Waals surface area contributed by atoms with E-state index in [1.54, 1.807) is 12.3 Å². The third-order valence-electron chi connectivity index (χ3n) is 3.38. The number of rotatable bonds is 2. The van der Waals surface area contributed by atoms with Gasteiger partial charge in [0.1, 0.15) is 11.9 Å². The average molecular weight is 308 g/mol. The van der Waals surface area contributed by atoms with Crippen LogP contribution in [0.5, 0.6) is 0 Å². The Morgan fingerprint density at radius 3 is 2.94 bits per heavy atom. The van der Waals surface area contributed by atoms with Gasteiger partial charge < -0.3 is 14.8 Å². The van der Waals surface area contributed by atoms with Gasteiger partial charge in [0.2, 0.25) is 0 Å². The Balaban J connectivity index is 1.82. The maximum absolute atomic E-state index is 10.4. The van der Waals surface area contributed by atoms with Crippen LogP contribution in [0, 0.1) is 0 Å². The van der Waals surface area contributed by atoms with Crippen molar-refractivity contribution in [2.75, 3.05) is 5.32 Å². The van der Waals surface area contributed by atoms with Crippen LogP contribution in [-0.2, 0) is 6.42 Å². The molecule has 1 aromatic heterocycles. The van der Waals surface area contributed by atoms with E-state index >= 15 is 0 Å². The highest BCUT2D eigenvalue weighted by molar-refractivity contribution is 9.10. The number of hydrogen-bond donors (Lipinski definition) is 2. The van der Waals surface area contributed by atoms with Gasteiger partial charge in [-0.15, -0.1) is 0 Å². The summed E-state index contributed by atoms with van der Waals surface area (Å²) in [5.74, 6) is 0.590. The van der Waals surface area contributed by atoms with Crippen LogP contribution >= 0.6 is 15.9 Å². The molecular weight excluding hydrogens is 294 g/mol. The van der Waals surface area contributed by atoms with Crippen molar-refractivity contribution in [3.8, 4) is 0 Å². The summed E-state index contributed by atoms with van der Waals surface area (Å²) in [6, 6.07) is 10.0. The van der Waals surface area contributed by atoms with E-state index in [2.05, 4.69) is 27.3 Å². The lowest BCUT2D eigenvalue weighted by Gasteiger charge is -2.29. The fourth-order valence-electron chi connectivity index (χ4n) is 2.40. The molecule has 2 aromatic rings. The summed E-state index contributed by atoms with van der Waals surface area (Å²) >= 11 is 3.38. The van der Waals surface area contributed by atoms with Gasteiger partial charge in [0.15, 0.2) is 0 Å². The third-order valence-corrected chi connectivity index (χ3v) is 4.03. The number of hydrogen-bond acceptors (Lipinski definition) is 3. The lowest BCUT2D eigenvalue weighted by atomic mass is 9.94. The highest BCUT2D eigenvalue weighted by Gasteiger charge is 2.28. The van der Waals surface area contributed by atoms with Gasteiger partial charge in [-0.25, -0.2) is 0 Å². The van der Waals surface area contributed by atoms with E-state index in [0.717, 1.165) is 23.0 Å². The number of aliphatic hydroxyl groups is 1. The standard InChI is InChI=1S/C14H14BrNO2/c15-10-7-8-18-14(10)13(17)12-6-5-9-3-1-2-4-11(9)16-12/h1-4,7-8,12-13,16-17H,5-6H2. The van der Waals surface area contributed by atoms with Crippen molar-refractivity contribution >= 4 is 21.6 Å². The van der Waals surface area contributed by atoms with Crippen LogP contribution in [0.1, 0.15) is 23.8 Å². The van der Waals surface area contributed by atoms with Crippen molar-refractivity contribution in [1.29, 1.82) is 0 Å². The van der Waals surface area contributed by atoms with E-state index in [4.69, 9.17) is 4.42 Å². The molecule has 1 aliphatic rings. The predicted molar refractivity (Wildman–Crippen MR) is 73.5 cm³/mol. The van der Waals surface area contributed by atoms with Gasteiger partial charge in [0.05, 0.1) is 16.8 Å². The molecule has 4 heteroatoms. The highest BCUT2D eigenvalue weighted by Crippen LogP contribution is 2.33. The summed E-state index contributed by atoms with van der Waals surface area (Å²) in [6.07, 6.45) is 2.82. The maximum atomic E-state index is 10.4. The summed E-state index contributed by atoms with van der Waals surface area (Å²) in [7, 11) is 0. The Morgan fingerprint density at radius 1 is 1.33 bits per heavy atom. The number of furan rings is 1. The van der Waals surface area contributed by atoms with Crippen molar-refractivity contribution < 1.29 is 9.52 Å². The van der Waals surface area contributed by atoms with Gasteiger partial charge in [0, 0.05) is 5.69 Å². The molecule has 0 saturated heterocycles. The van der Waals surface area contributed by atoms with E-state index in [0.29, 0.717) is 5.76 Å². The monoisotopic (exact) mass is 307 g/mol. The van der Waals surface area contributed by atoms with Gasteiger partial charge in [0.25, 0.3) is 0 Å². The average Bonchev–Trinajstić information content (AvgIpc) is 2.83. The molecule has 2 unspecified atom stereocenters. The molecule has 3 nitrogen and oxygen atoms in total. The van der Waals surface area contributed by atoms with E-state index < -0.39 is 6.10 Å². The molecule has 2 heterocycles. The molecule has 0 aliphatic carbocycles. The topological polar surface area (TPSA) is 45.4 Å². The lowest BCUT2D eigenvalue weighted by Crippen LogP contribution is -2.31. The molecule has 0 saturated carbocycles. The Labute approximate surface area is 114 Å². The first-order valence-electron chi connectivity index (χ1n) is 6.01. The molecule has 18 heavy (non-hydrogen) atoms. The largest absolute Gasteiger partial charge is 0.465 e. The quantitative estimate of drug-likeness (QED) is 0.892. The number of halogens is 1. The Kier molecular flexibility index (Phi) is 3.14. The van der Waals surface area contributed by atoms with Gasteiger partial charge in [-0.3, -0.25) is 0 Å². The summed E-state index contributed by atoms with van der Waals surface area (Å²) in [4.78, 5) is 0. The summed E-state index contributed by atoms with van der Waals surface area (Å²) in [5.41, 5.74) is 2.41. The van der Waals surface area contributed by atoms with E-state index in [1.807, 2.05) is 18.2 Å². The molecular formula is C14H14BrNO2. The summed E-state index contributed by atoms with van der Waals surface area (Å²) in [6.45, 7) is 0. The van der Waals surface area contributed by atoms with Crippen LogP contribution in [0.25, 0.3) is 0 Å². The number of aliphatic hydroxyl groups excluding tert-OH is 1. The number of benzene rings is 1. The van der Waals surface area contributed by atoms with Gasteiger partial charge in [-0.05, 0) is 46.5 Å². The lowest BCUT2D eigenvalue weighted by molar-refractivity contribution is 0.123. The fraction of sp³-hybridized carbons (Fsp3) is 0.286. The number of nitrogens with one attached hydrogen (secondary N) is 1. The van der Waals surface area contributed by atoms with Crippen LogP contribution in [0.15, 0.2) is 45.5 Å². The maximum Gasteiger partial charge on any atom is 0.148 e. The Bertz CT molecular complexity index is 552. The molecule has 0 bridgehead atoms. The van der Waals surface area contributed by atoms with Gasteiger partial charge >= 0.3 is 0 Å². The minimum absolute atomic E-state index is 0.0117. The number of aryl methyl sites for hydroxylation is 1. The van der Waals surface area contributed by atoms with Crippen molar-refractivity contribution in [3.05, 3.63) is 52.4 Å². The van der Waals surface area contributed by atoms with E-state index in [-0.39, 0.29) is 6.04 Å². The van der Waals surface area contributed by atoms with E-state index in [9.17, 15) is 5.11 Å². The Hall–Kier alpha value is -1.26. The fourth-order valence-corrected chi connectivity index (χ4v) is 2.83. The normalized spacial score (nSPS) is 20.0. The minimum atomic E-state index is -0.636. The van der Waals surface area contributed by atoms with Crippen molar-refractivity contribution in [3.63, 3.8) is 0 Å². The van der Waals surface area contributed by atoms with Gasteiger partial charge in [-0.2, -0.15) is 0 Å². The molecule has 2 atom stereocenters. The first kappa shape index (κ1) is 11.8. The first-order chi connectivity index (χ1) is 8.75. The van der Waals surface area contributed by atoms with E-state index in [1.165, 1.54) is 5.56 Å². The minimum Gasteiger partial charge on any atom is -0.465 e. The van der Waals surface area contributed by atoms with Crippen LogP contribution in [0.4, 0.5) is 5.69 Å². The zero-order valence-corrected chi connectivity index (χ0v) is 11.4. The number of fused-ring (bicyclic) bond motifs is 1. The molecule has 1 aromatic carbocycles. The molecule has 1 aliphatic heterocycles. The summed E-state index contributed by atoms with van der Waals surface area (Å²) < 4.78 is 6.15. The zero-order valence-electron chi connectivity index (χ0n) is 9.77.